The Balaban J connectivity index is 0.920. The quantitative estimate of drug-likeness (QED) is 0.148. The van der Waals surface area contributed by atoms with E-state index in [1.54, 1.807) is 16.7 Å². The number of aryl methyl sites for hydroxylation is 1. The van der Waals surface area contributed by atoms with Crippen LogP contribution in [0.4, 0.5) is 0 Å². The monoisotopic (exact) mass is 838 g/mol. The predicted molar refractivity (Wildman–Crippen MR) is 275 cm³/mol. The predicted octanol–water partition coefficient (Wildman–Crippen LogP) is 16.2. The molecule has 3 heteroatoms. The van der Waals surface area contributed by atoms with Crippen LogP contribution in [0.25, 0.3) is 89.4 Å². The SMILES string of the molecule is CC1=Cc2c(-c3ccc4c(c3)c3ccccc3n4-c3ccccc3)cccc2C1[Si](C)(C)C1C(C)=Cc2c1cc1c(c2-c2ccc3c(c2)c2ccccc2n3-c2ccccc2)CCC1. The molecule has 0 radical (unpaired) electrons. The molecule has 0 spiro atoms. The zero-order valence-corrected chi connectivity index (χ0v) is 38.0. The van der Waals surface area contributed by atoms with E-state index < -0.39 is 8.07 Å². The van der Waals surface area contributed by atoms with E-state index >= 15 is 0 Å². The van der Waals surface area contributed by atoms with E-state index in [0.29, 0.717) is 11.1 Å². The van der Waals surface area contributed by atoms with Crippen molar-refractivity contribution in [2.24, 2.45) is 0 Å². The number of aromatic nitrogens is 2. The van der Waals surface area contributed by atoms with Crippen molar-refractivity contribution in [2.75, 3.05) is 0 Å². The third-order valence-corrected chi connectivity index (χ3v) is 19.9. The average molecular weight is 839 g/mol. The molecule has 13 rings (SSSR count). The molecule has 2 aromatic heterocycles. The van der Waals surface area contributed by atoms with E-state index in [9.17, 15) is 0 Å². The maximum Gasteiger partial charge on any atom is 0.0722 e. The van der Waals surface area contributed by atoms with Crippen molar-refractivity contribution < 1.29 is 0 Å². The molecule has 3 aliphatic rings. The molecule has 0 saturated carbocycles. The standard InChI is InChI=1S/C61H50N2Si/c1-38-33-50-45(41-29-31-57-51(35-41)47-22-11-13-27-55(47)62(57)43-18-7-5-8-19-43)24-16-26-49(50)60(38)64(3,4)61-39(2)34-53-54(61)36-40-17-15-25-46(40)59(53)42-30-32-58-52(37-42)48-23-12-14-28-56(48)63(58)44-20-9-6-10-21-44/h5-14,16,18-24,26-37,60-61H,15,17,25H2,1-4H3. The number of fused-ring (bicyclic) bond motifs is 9. The van der Waals surface area contributed by atoms with E-state index in [-0.39, 0.29) is 0 Å². The van der Waals surface area contributed by atoms with Gasteiger partial charge in [-0.15, -0.1) is 0 Å². The van der Waals surface area contributed by atoms with Gasteiger partial charge < -0.3 is 9.13 Å². The first kappa shape index (κ1) is 37.6. The highest BCUT2D eigenvalue weighted by Crippen LogP contribution is 2.56. The summed E-state index contributed by atoms with van der Waals surface area (Å²) in [6.07, 6.45) is 8.70. The maximum atomic E-state index is 2.69. The molecule has 3 aliphatic carbocycles. The summed E-state index contributed by atoms with van der Waals surface area (Å²) in [4.78, 5) is 0. The Labute approximate surface area is 376 Å². The number of para-hydroxylation sites is 4. The van der Waals surface area contributed by atoms with Crippen LogP contribution in [-0.4, -0.2) is 17.2 Å². The molecule has 2 unspecified atom stereocenters. The zero-order valence-electron chi connectivity index (χ0n) is 37.0. The molecule has 0 fully saturated rings. The van der Waals surface area contributed by atoms with Gasteiger partial charge in [-0.2, -0.15) is 0 Å². The number of allylic oxidation sites excluding steroid dienone is 2. The van der Waals surface area contributed by atoms with Crippen molar-refractivity contribution in [3.05, 3.63) is 214 Å². The summed E-state index contributed by atoms with van der Waals surface area (Å²) in [5, 5.41) is 5.23. The highest BCUT2D eigenvalue weighted by Gasteiger charge is 2.48. The molecular formula is C61H50N2Si. The summed E-state index contributed by atoms with van der Waals surface area (Å²) < 4.78 is 4.85. The molecule has 8 aromatic carbocycles. The van der Waals surface area contributed by atoms with Crippen LogP contribution in [0.2, 0.25) is 13.1 Å². The highest BCUT2D eigenvalue weighted by atomic mass is 28.3. The topological polar surface area (TPSA) is 9.86 Å². The van der Waals surface area contributed by atoms with E-state index in [1.165, 1.54) is 118 Å². The van der Waals surface area contributed by atoms with Crippen LogP contribution in [-0.2, 0) is 12.8 Å². The van der Waals surface area contributed by atoms with Crippen LogP contribution in [0.15, 0.2) is 181 Å². The first-order valence-corrected chi connectivity index (χ1v) is 26.4. The third kappa shape index (κ3) is 5.37. The van der Waals surface area contributed by atoms with Gasteiger partial charge in [-0.3, -0.25) is 0 Å². The van der Waals surface area contributed by atoms with Crippen molar-refractivity contribution in [1.82, 2.24) is 9.13 Å². The number of hydrogen-bond acceptors (Lipinski definition) is 0. The number of rotatable bonds is 6. The molecule has 0 saturated heterocycles. The van der Waals surface area contributed by atoms with E-state index in [2.05, 4.69) is 218 Å². The van der Waals surface area contributed by atoms with Gasteiger partial charge in [0.1, 0.15) is 0 Å². The van der Waals surface area contributed by atoms with Crippen LogP contribution in [0.5, 0.6) is 0 Å². The van der Waals surface area contributed by atoms with Crippen molar-refractivity contribution >= 4 is 63.8 Å². The molecule has 2 nitrogen and oxygen atoms in total. The molecule has 308 valence electrons. The molecule has 0 aliphatic heterocycles. The van der Waals surface area contributed by atoms with Gasteiger partial charge in [0.15, 0.2) is 0 Å². The fourth-order valence-electron chi connectivity index (χ4n) is 13.0. The number of nitrogens with zero attached hydrogens (tertiary/aromatic N) is 2. The number of benzene rings is 8. The van der Waals surface area contributed by atoms with Gasteiger partial charge in [-0.25, -0.2) is 0 Å². The van der Waals surface area contributed by atoms with Gasteiger partial charge in [-0.1, -0.05) is 146 Å². The molecule has 2 atom stereocenters. The Kier molecular flexibility index (Phi) is 8.24. The van der Waals surface area contributed by atoms with Gasteiger partial charge in [0.2, 0.25) is 0 Å². The van der Waals surface area contributed by atoms with Crippen LogP contribution in [0, 0.1) is 0 Å². The maximum absolute atomic E-state index is 2.69. The minimum absolute atomic E-state index is 0.419. The van der Waals surface area contributed by atoms with E-state index in [1.807, 2.05) is 0 Å². The Hall–Kier alpha value is -6.94. The third-order valence-electron chi connectivity index (χ3n) is 15.4. The Morgan fingerprint density at radius 2 is 0.984 bits per heavy atom. The van der Waals surface area contributed by atoms with Gasteiger partial charge in [0.05, 0.1) is 30.1 Å². The van der Waals surface area contributed by atoms with E-state index in [0.717, 1.165) is 6.42 Å². The first-order chi connectivity index (χ1) is 31.3. The summed E-state index contributed by atoms with van der Waals surface area (Å²) in [7, 11) is -2.12. The van der Waals surface area contributed by atoms with Crippen molar-refractivity contribution in [2.45, 2.75) is 57.3 Å². The smallest absolute Gasteiger partial charge is 0.0722 e. The first-order valence-electron chi connectivity index (χ1n) is 23.2. The molecule has 64 heavy (non-hydrogen) atoms. The van der Waals surface area contributed by atoms with Crippen LogP contribution in [0.1, 0.15) is 64.7 Å². The molecular weight excluding hydrogens is 789 g/mol. The lowest BCUT2D eigenvalue weighted by molar-refractivity contribution is 0.911. The van der Waals surface area contributed by atoms with Crippen molar-refractivity contribution in [3.63, 3.8) is 0 Å². The normalized spacial score (nSPS) is 16.8. The molecule has 10 aromatic rings. The highest BCUT2D eigenvalue weighted by molar-refractivity contribution is 6.81. The second-order valence-corrected chi connectivity index (χ2v) is 24.2. The molecule has 0 bridgehead atoms. The summed E-state index contributed by atoms with van der Waals surface area (Å²) >= 11 is 0. The summed E-state index contributed by atoms with van der Waals surface area (Å²) in [6.45, 7) is 10.2. The lowest BCUT2D eigenvalue weighted by Crippen LogP contribution is -2.42. The summed E-state index contributed by atoms with van der Waals surface area (Å²) in [5.41, 5.74) is 25.9. The van der Waals surface area contributed by atoms with Crippen LogP contribution >= 0.6 is 0 Å². The minimum Gasteiger partial charge on any atom is -0.309 e. The largest absolute Gasteiger partial charge is 0.309 e. The zero-order chi connectivity index (χ0) is 42.8. The van der Waals surface area contributed by atoms with E-state index in [4.69, 9.17) is 0 Å². The second kappa shape index (κ2) is 14.0. The summed E-state index contributed by atoms with van der Waals surface area (Å²) in [6, 6.07) is 63.7. The lowest BCUT2D eigenvalue weighted by Gasteiger charge is -2.39. The molecule has 0 amide bonds. The van der Waals surface area contributed by atoms with Gasteiger partial charge >= 0.3 is 0 Å². The Morgan fingerprint density at radius 3 is 1.62 bits per heavy atom. The average Bonchev–Trinajstić information content (AvgIpc) is 4.15. The van der Waals surface area contributed by atoms with Gasteiger partial charge in [0.25, 0.3) is 0 Å². The van der Waals surface area contributed by atoms with Crippen molar-refractivity contribution in [3.8, 4) is 33.6 Å². The minimum atomic E-state index is -2.12. The van der Waals surface area contributed by atoms with Gasteiger partial charge in [-0.05, 0) is 149 Å². The lowest BCUT2D eigenvalue weighted by atomic mass is 9.89. The van der Waals surface area contributed by atoms with Crippen LogP contribution in [0.3, 0.4) is 0 Å². The molecule has 0 N–H and O–H groups in total. The fraction of sp³-hybridized carbons (Fsp3) is 0.148. The summed E-state index contributed by atoms with van der Waals surface area (Å²) in [5.74, 6) is 0. The fourth-order valence-corrected chi connectivity index (χ4v) is 17.9. The van der Waals surface area contributed by atoms with Gasteiger partial charge in [0, 0.05) is 44.0 Å². The van der Waals surface area contributed by atoms with Crippen molar-refractivity contribution in [1.29, 1.82) is 0 Å². The number of hydrogen-bond donors (Lipinski definition) is 0. The Bertz CT molecular complexity index is 3630. The van der Waals surface area contributed by atoms with Crippen LogP contribution < -0.4 is 0 Å². The Morgan fingerprint density at radius 1 is 0.453 bits per heavy atom. The molecule has 2 heterocycles. The second-order valence-electron chi connectivity index (χ2n) is 19.4.